The molecule has 18 heavy (non-hydrogen) atoms. The summed E-state index contributed by atoms with van der Waals surface area (Å²) < 4.78 is 23.9. The predicted octanol–water partition coefficient (Wildman–Crippen LogP) is 2.66. The Bertz CT molecular complexity index is 327. The van der Waals surface area contributed by atoms with Crippen LogP contribution in [0.2, 0.25) is 0 Å². The SMILES string of the molecule is CCCOCCOC(c1ccc(F)cc1)C(C)N. The second-order valence-corrected chi connectivity index (χ2v) is 4.31. The molecule has 0 aliphatic heterocycles. The summed E-state index contributed by atoms with van der Waals surface area (Å²) in [6.45, 7) is 5.72. The van der Waals surface area contributed by atoms with Crippen LogP contribution in [-0.2, 0) is 9.47 Å². The van der Waals surface area contributed by atoms with Gasteiger partial charge >= 0.3 is 0 Å². The van der Waals surface area contributed by atoms with Crippen LogP contribution in [0.3, 0.4) is 0 Å². The lowest BCUT2D eigenvalue weighted by atomic mass is 10.0. The molecule has 1 aromatic rings. The topological polar surface area (TPSA) is 44.5 Å². The fourth-order valence-corrected chi connectivity index (χ4v) is 1.68. The van der Waals surface area contributed by atoms with E-state index in [9.17, 15) is 4.39 Å². The minimum atomic E-state index is -0.256. The van der Waals surface area contributed by atoms with Gasteiger partial charge in [-0.2, -0.15) is 0 Å². The molecule has 3 nitrogen and oxygen atoms in total. The molecule has 0 radical (unpaired) electrons. The molecule has 0 amide bonds. The summed E-state index contributed by atoms with van der Waals surface area (Å²) in [6, 6.07) is 6.09. The highest BCUT2D eigenvalue weighted by molar-refractivity contribution is 5.19. The van der Waals surface area contributed by atoms with Gasteiger partial charge in [-0.15, -0.1) is 0 Å². The molecule has 4 heteroatoms. The molecule has 0 saturated heterocycles. The summed E-state index contributed by atoms with van der Waals surface area (Å²) in [4.78, 5) is 0. The van der Waals surface area contributed by atoms with Crippen LogP contribution in [0.1, 0.15) is 31.9 Å². The maximum absolute atomic E-state index is 12.9. The molecule has 1 rings (SSSR count). The molecule has 0 fully saturated rings. The van der Waals surface area contributed by atoms with Crippen LogP contribution >= 0.6 is 0 Å². The fraction of sp³-hybridized carbons (Fsp3) is 0.571. The lowest BCUT2D eigenvalue weighted by Crippen LogP contribution is -2.28. The minimum Gasteiger partial charge on any atom is -0.379 e. The summed E-state index contributed by atoms with van der Waals surface area (Å²) in [5.74, 6) is -0.256. The van der Waals surface area contributed by atoms with Crippen molar-refractivity contribution in [3.05, 3.63) is 35.6 Å². The molecule has 102 valence electrons. The summed E-state index contributed by atoms with van der Waals surface area (Å²) >= 11 is 0. The number of benzene rings is 1. The standard InChI is InChI=1S/C14H22FNO2/c1-3-8-17-9-10-18-14(11(2)16)12-4-6-13(15)7-5-12/h4-7,11,14H,3,8-10,16H2,1-2H3. The quantitative estimate of drug-likeness (QED) is 0.726. The van der Waals surface area contributed by atoms with E-state index in [0.717, 1.165) is 18.6 Å². The van der Waals surface area contributed by atoms with Crippen molar-refractivity contribution in [2.45, 2.75) is 32.4 Å². The molecule has 0 saturated carbocycles. The Labute approximate surface area is 108 Å². The first-order chi connectivity index (χ1) is 8.65. The van der Waals surface area contributed by atoms with Crippen molar-refractivity contribution < 1.29 is 13.9 Å². The summed E-state index contributed by atoms with van der Waals surface area (Å²) in [5.41, 5.74) is 6.78. The summed E-state index contributed by atoms with van der Waals surface area (Å²) in [6.07, 6.45) is 0.769. The van der Waals surface area contributed by atoms with Gasteiger partial charge in [0.1, 0.15) is 5.82 Å². The highest BCUT2D eigenvalue weighted by Crippen LogP contribution is 2.20. The van der Waals surface area contributed by atoms with Gasteiger partial charge in [0.25, 0.3) is 0 Å². The van der Waals surface area contributed by atoms with E-state index in [1.165, 1.54) is 12.1 Å². The van der Waals surface area contributed by atoms with Gasteiger partial charge in [0.15, 0.2) is 0 Å². The normalized spacial score (nSPS) is 14.4. The third kappa shape index (κ3) is 5.12. The van der Waals surface area contributed by atoms with Crippen LogP contribution in [-0.4, -0.2) is 25.9 Å². The molecule has 0 spiro atoms. The molecular weight excluding hydrogens is 233 g/mol. The number of ether oxygens (including phenoxy) is 2. The van der Waals surface area contributed by atoms with Gasteiger partial charge in [-0.05, 0) is 31.0 Å². The molecule has 2 N–H and O–H groups in total. The molecule has 0 aliphatic rings. The van der Waals surface area contributed by atoms with Crippen molar-refractivity contribution in [3.63, 3.8) is 0 Å². The first kappa shape index (κ1) is 15.1. The van der Waals surface area contributed by atoms with E-state index in [2.05, 4.69) is 6.92 Å². The fourth-order valence-electron chi connectivity index (χ4n) is 1.68. The smallest absolute Gasteiger partial charge is 0.123 e. The molecule has 0 bridgehead atoms. The van der Waals surface area contributed by atoms with Crippen molar-refractivity contribution >= 4 is 0 Å². The first-order valence-electron chi connectivity index (χ1n) is 6.35. The first-order valence-corrected chi connectivity index (χ1v) is 6.35. The zero-order valence-electron chi connectivity index (χ0n) is 11.1. The van der Waals surface area contributed by atoms with Crippen LogP contribution in [0.5, 0.6) is 0 Å². The second kappa shape index (κ2) is 8.19. The summed E-state index contributed by atoms with van der Waals surface area (Å²) in [7, 11) is 0. The third-order valence-electron chi connectivity index (χ3n) is 2.55. The van der Waals surface area contributed by atoms with E-state index >= 15 is 0 Å². The number of hydrogen-bond acceptors (Lipinski definition) is 3. The van der Waals surface area contributed by atoms with Crippen LogP contribution in [0.4, 0.5) is 4.39 Å². The lowest BCUT2D eigenvalue weighted by Gasteiger charge is -2.22. The van der Waals surface area contributed by atoms with E-state index in [1.807, 2.05) is 6.92 Å². The molecule has 2 unspecified atom stereocenters. The third-order valence-corrected chi connectivity index (χ3v) is 2.55. The van der Waals surface area contributed by atoms with E-state index in [-0.39, 0.29) is 18.0 Å². The Morgan fingerprint density at radius 1 is 1.17 bits per heavy atom. The average molecular weight is 255 g/mol. The zero-order chi connectivity index (χ0) is 13.4. The maximum Gasteiger partial charge on any atom is 0.123 e. The Balaban J connectivity index is 2.47. The maximum atomic E-state index is 12.9. The molecule has 0 heterocycles. The van der Waals surface area contributed by atoms with Gasteiger partial charge in [-0.25, -0.2) is 4.39 Å². The van der Waals surface area contributed by atoms with E-state index in [1.54, 1.807) is 12.1 Å². The average Bonchev–Trinajstić information content (AvgIpc) is 2.35. The Morgan fingerprint density at radius 3 is 2.39 bits per heavy atom. The van der Waals surface area contributed by atoms with E-state index in [0.29, 0.717) is 13.2 Å². The number of rotatable bonds is 8. The van der Waals surface area contributed by atoms with Gasteiger partial charge < -0.3 is 15.2 Å². The van der Waals surface area contributed by atoms with Gasteiger partial charge in [-0.3, -0.25) is 0 Å². The highest BCUT2D eigenvalue weighted by Gasteiger charge is 2.16. The Morgan fingerprint density at radius 2 is 1.83 bits per heavy atom. The van der Waals surface area contributed by atoms with Gasteiger partial charge in [0, 0.05) is 12.6 Å². The van der Waals surface area contributed by atoms with Crippen LogP contribution in [0.25, 0.3) is 0 Å². The molecule has 2 atom stereocenters. The van der Waals surface area contributed by atoms with Crippen molar-refractivity contribution in [1.82, 2.24) is 0 Å². The van der Waals surface area contributed by atoms with Gasteiger partial charge in [-0.1, -0.05) is 19.1 Å². The van der Waals surface area contributed by atoms with Crippen LogP contribution < -0.4 is 5.73 Å². The molecular formula is C14H22FNO2. The van der Waals surface area contributed by atoms with Gasteiger partial charge in [0.2, 0.25) is 0 Å². The van der Waals surface area contributed by atoms with Crippen molar-refractivity contribution in [3.8, 4) is 0 Å². The minimum absolute atomic E-state index is 0.151. The van der Waals surface area contributed by atoms with Gasteiger partial charge in [0.05, 0.1) is 19.3 Å². The molecule has 1 aromatic carbocycles. The van der Waals surface area contributed by atoms with Crippen molar-refractivity contribution in [2.24, 2.45) is 5.73 Å². The summed E-state index contributed by atoms with van der Waals surface area (Å²) in [5, 5.41) is 0. The highest BCUT2D eigenvalue weighted by atomic mass is 19.1. The Hall–Kier alpha value is -0.970. The lowest BCUT2D eigenvalue weighted by molar-refractivity contribution is -0.00473. The predicted molar refractivity (Wildman–Crippen MR) is 69.9 cm³/mol. The number of halogens is 1. The molecule has 0 aromatic heterocycles. The van der Waals surface area contributed by atoms with Crippen LogP contribution in [0.15, 0.2) is 24.3 Å². The number of hydrogen-bond donors (Lipinski definition) is 1. The largest absolute Gasteiger partial charge is 0.379 e. The Kier molecular flexibility index (Phi) is 6.86. The zero-order valence-corrected chi connectivity index (χ0v) is 11.1. The molecule has 0 aliphatic carbocycles. The second-order valence-electron chi connectivity index (χ2n) is 4.31. The van der Waals surface area contributed by atoms with E-state index < -0.39 is 0 Å². The van der Waals surface area contributed by atoms with E-state index in [4.69, 9.17) is 15.2 Å². The van der Waals surface area contributed by atoms with Crippen molar-refractivity contribution in [2.75, 3.05) is 19.8 Å². The van der Waals surface area contributed by atoms with Crippen molar-refractivity contribution in [1.29, 1.82) is 0 Å². The number of nitrogens with two attached hydrogens (primary N) is 1. The monoisotopic (exact) mass is 255 g/mol. The van der Waals surface area contributed by atoms with Crippen LogP contribution in [0, 0.1) is 5.82 Å².